The first-order chi connectivity index (χ1) is 13.7. The van der Waals surface area contributed by atoms with Crippen LogP contribution in [0.25, 0.3) is 33.6 Å². The first-order valence-corrected chi connectivity index (χ1v) is 9.11. The van der Waals surface area contributed by atoms with Gasteiger partial charge in [0.05, 0.1) is 5.69 Å². The number of pyridine rings is 1. The van der Waals surface area contributed by atoms with Crippen LogP contribution in [0.4, 0.5) is 0 Å². The molecule has 6 nitrogen and oxygen atoms in total. The molecule has 2 N–H and O–H groups in total. The summed E-state index contributed by atoms with van der Waals surface area (Å²) in [5.74, 6) is -0.608. The summed E-state index contributed by atoms with van der Waals surface area (Å²) in [6.07, 6.45) is 0. The Labute approximate surface area is 166 Å². The molecule has 1 aromatic heterocycles. The van der Waals surface area contributed by atoms with Gasteiger partial charge in [-0.05, 0) is 63.1 Å². The van der Waals surface area contributed by atoms with Crippen LogP contribution in [-0.4, -0.2) is 21.2 Å². The summed E-state index contributed by atoms with van der Waals surface area (Å²) in [4.78, 5) is 28.3. The van der Waals surface area contributed by atoms with Crippen molar-refractivity contribution in [2.24, 2.45) is 0 Å². The van der Waals surface area contributed by atoms with Crippen LogP contribution in [0.5, 0.6) is 5.75 Å². The molecule has 1 aliphatic heterocycles. The van der Waals surface area contributed by atoms with Gasteiger partial charge in [0.1, 0.15) is 22.8 Å². The fraction of sp³-hybridized carbons (Fsp3) is 0.174. The number of aromatic carboxylic acids is 1. The van der Waals surface area contributed by atoms with Gasteiger partial charge in [-0.3, -0.25) is 4.79 Å². The Morgan fingerprint density at radius 1 is 1.03 bits per heavy atom. The molecule has 29 heavy (non-hydrogen) atoms. The maximum atomic E-state index is 12.5. The summed E-state index contributed by atoms with van der Waals surface area (Å²) in [6, 6.07) is 8.33. The number of hydrogen-bond donors (Lipinski definition) is 2. The number of aryl methyl sites for hydroxylation is 3. The van der Waals surface area contributed by atoms with E-state index in [4.69, 9.17) is 4.42 Å². The number of carboxylic acids is 1. The maximum absolute atomic E-state index is 12.5. The van der Waals surface area contributed by atoms with E-state index in [1.165, 1.54) is 6.07 Å². The largest absolute Gasteiger partial charge is 0.507 e. The van der Waals surface area contributed by atoms with Gasteiger partial charge in [0.15, 0.2) is 5.43 Å². The second-order valence-corrected chi connectivity index (χ2v) is 7.26. The van der Waals surface area contributed by atoms with E-state index in [1.54, 1.807) is 52.0 Å². The highest BCUT2D eigenvalue weighted by atomic mass is 16.4. The number of benzene rings is 2. The molecule has 1 aliphatic carbocycles. The van der Waals surface area contributed by atoms with Crippen molar-refractivity contribution in [2.45, 2.75) is 27.7 Å². The van der Waals surface area contributed by atoms with Crippen LogP contribution in [0, 0.1) is 27.7 Å². The predicted molar refractivity (Wildman–Crippen MR) is 110 cm³/mol. The molecule has 0 unspecified atom stereocenters. The average molecular weight is 389 g/mol. The molecule has 0 radical (unpaired) electrons. The van der Waals surface area contributed by atoms with E-state index in [2.05, 4.69) is 4.98 Å². The molecule has 2 heterocycles. The van der Waals surface area contributed by atoms with E-state index in [1.807, 2.05) is 0 Å². The number of hydrogen-bond acceptors (Lipinski definition) is 5. The number of nitrogens with zero attached hydrogens (tertiary/aromatic N) is 1. The van der Waals surface area contributed by atoms with Gasteiger partial charge in [-0.1, -0.05) is 6.07 Å². The monoisotopic (exact) mass is 389 g/mol. The molecule has 4 rings (SSSR count). The quantitative estimate of drug-likeness (QED) is 0.486. The van der Waals surface area contributed by atoms with Crippen molar-refractivity contribution >= 4 is 16.9 Å². The number of fused-ring (bicyclic) bond motifs is 2. The fourth-order valence-electron chi connectivity index (χ4n) is 3.75. The molecule has 0 amide bonds. The van der Waals surface area contributed by atoms with Crippen LogP contribution >= 0.6 is 0 Å². The Hall–Kier alpha value is -3.67. The number of rotatable bonds is 2. The number of aromatic nitrogens is 1. The Kier molecular flexibility index (Phi) is 4.15. The topological polar surface area (TPSA) is 101 Å². The van der Waals surface area contributed by atoms with E-state index < -0.39 is 5.97 Å². The van der Waals surface area contributed by atoms with E-state index in [-0.39, 0.29) is 16.9 Å². The molecule has 2 aliphatic rings. The van der Waals surface area contributed by atoms with Crippen molar-refractivity contribution < 1.29 is 19.4 Å². The maximum Gasteiger partial charge on any atom is 0.354 e. The minimum Gasteiger partial charge on any atom is -0.507 e. The van der Waals surface area contributed by atoms with E-state index in [0.717, 1.165) is 0 Å². The van der Waals surface area contributed by atoms with Gasteiger partial charge < -0.3 is 14.6 Å². The van der Waals surface area contributed by atoms with Gasteiger partial charge in [-0.15, -0.1) is 0 Å². The molecule has 0 saturated carbocycles. The second kappa shape index (κ2) is 6.44. The predicted octanol–water partition coefficient (Wildman–Crippen LogP) is 4.60. The van der Waals surface area contributed by atoms with Gasteiger partial charge in [-0.25, -0.2) is 9.78 Å². The average Bonchev–Trinajstić information content (AvgIpc) is 2.69. The van der Waals surface area contributed by atoms with Crippen molar-refractivity contribution in [1.82, 2.24) is 4.98 Å². The molecular formula is C23H19NO5. The molecule has 0 atom stereocenters. The van der Waals surface area contributed by atoms with E-state index in [9.17, 15) is 19.8 Å². The molecule has 0 fully saturated rings. The molecule has 0 bridgehead atoms. The highest BCUT2D eigenvalue weighted by Gasteiger charge is 2.24. The van der Waals surface area contributed by atoms with Crippen molar-refractivity contribution in [1.29, 1.82) is 0 Å². The van der Waals surface area contributed by atoms with Gasteiger partial charge in [-0.2, -0.15) is 0 Å². The Morgan fingerprint density at radius 3 is 2.45 bits per heavy atom. The standard InChI is InChI=1S/C23H19NO5/c1-10-8-14-18(16-6-5-7-17(24-16)23(27)28)15-9-11(2)20(26)13(4)22(15)29-21(14)12(3)19(10)25/h5-9,25H,1-4H3,(H,27,28). The van der Waals surface area contributed by atoms with E-state index in [0.29, 0.717) is 55.8 Å². The first-order valence-electron chi connectivity index (χ1n) is 9.11. The van der Waals surface area contributed by atoms with Crippen LogP contribution in [0.3, 0.4) is 0 Å². The zero-order chi connectivity index (χ0) is 21.0. The van der Waals surface area contributed by atoms with Gasteiger partial charge in [0.25, 0.3) is 0 Å². The third-order valence-corrected chi connectivity index (χ3v) is 5.29. The zero-order valence-electron chi connectivity index (χ0n) is 16.5. The molecule has 6 heteroatoms. The Morgan fingerprint density at radius 2 is 1.76 bits per heavy atom. The van der Waals surface area contributed by atoms with Gasteiger partial charge in [0.2, 0.25) is 0 Å². The summed E-state index contributed by atoms with van der Waals surface area (Å²) in [5.41, 5.74) is 4.26. The molecular weight excluding hydrogens is 370 g/mol. The summed E-state index contributed by atoms with van der Waals surface area (Å²) >= 11 is 0. The lowest BCUT2D eigenvalue weighted by molar-refractivity contribution is 0.0690. The Balaban J connectivity index is 2.28. The van der Waals surface area contributed by atoms with E-state index >= 15 is 0 Å². The van der Waals surface area contributed by atoms with Crippen LogP contribution in [-0.2, 0) is 0 Å². The number of carbonyl (C=O) groups is 1. The summed E-state index contributed by atoms with van der Waals surface area (Å²) in [6.45, 7) is 6.96. The second-order valence-electron chi connectivity index (χ2n) is 7.26. The lowest BCUT2D eigenvalue weighted by Gasteiger charge is -2.19. The highest BCUT2D eigenvalue weighted by molar-refractivity contribution is 6.03. The lowest BCUT2D eigenvalue weighted by atomic mass is 9.91. The van der Waals surface area contributed by atoms with Gasteiger partial charge >= 0.3 is 5.97 Å². The molecule has 0 spiro atoms. The smallest absolute Gasteiger partial charge is 0.354 e. The normalized spacial score (nSPS) is 11.3. The van der Waals surface area contributed by atoms with Crippen molar-refractivity contribution in [3.63, 3.8) is 0 Å². The molecule has 1 aromatic carbocycles. The molecule has 2 aromatic rings. The minimum atomic E-state index is -1.12. The zero-order valence-corrected chi connectivity index (χ0v) is 16.5. The molecule has 0 saturated heterocycles. The van der Waals surface area contributed by atoms with Crippen LogP contribution in [0.15, 0.2) is 39.5 Å². The summed E-state index contributed by atoms with van der Waals surface area (Å²) in [7, 11) is 0. The van der Waals surface area contributed by atoms with Crippen LogP contribution in [0.1, 0.15) is 32.7 Å². The minimum absolute atomic E-state index is 0.0781. The first kappa shape index (κ1) is 18.7. The lowest BCUT2D eigenvalue weighted by Crippen LogP contribution is -2.12. The van der Waals surface area contributed by atoms with Crippen molar-refractivity contribution in [2.75, 3.05) is 0 Å². The highest BCUT2D eigenvalue weighted by Crippen LogP contribution is 2.44. The van der Waals surface area contributed by atoms with Crippen molar-refractivity contribution in [3.05, 3.63) is 68.5 Å². The number of phenolic OH excluding ortho intramolecular Hbond substituents is 1. The summed E-state index contributed by atoms with van der Waals surface area (Å²) < 4.78 is 6.12. The fourth-order valence-corrected chi connectivity index (χ4v) is 3.75. The number of carboxylic acid groups (broad SMARTS) is 1. The molecule has 146 valence electrons. The third kappa shape index (κ3) is 2.76. The van der Waals surface area contributed by atoms with Gasteiger partial charge in [0, 0.05) is 27.6 Å². The Bertz CT molecular complexity index is 1350. The van der Waals surface area contributed by atoms with Crippen LogP contribution in [0.2, 0.25) is 0 Å². The number of aromatic hydroxyl groups is 1. The van der Waals surface area contributed by atoms with Crippen LogP contribution < -0.4 is 5.43 Å². The SMILES string of the molecule is Cc1cc2c(-c3cccc(C(=O)O)n3)c3cc(C)c(=O)c(C)c-3oc2c(C)c1O. The number of phenols is 1. The summed E-state index contributed by atoms with van der Waals surface area (Å²) in [5, 5.41) is 20.5. The van der Waals surface area contributed by atoms with Crippen molar-refractivity contribution in [3.8, 4) is 28.3 Å². The third-order valence-electron chi connectivity index (χ3n) is 5.29.